The quantitative estimate of drug-likeness (QED) is 0.827. The van der Waals surface area contributed by atoms with E-state index in [-0.39, 0.29) is 17.8 Å². The number of halogens is 3. The Bertz CT molecular complexity index is 617. The SMILES string of the molecule is OB(O)c1cc(OC(F)(F)F)ccc1OCc1ccccc1. The van der Waals surface area contributed by atoms with E-state index >= 15 is 0 Å². The van der Waals surface area contributed by atoms with E-state index in [4.69, 9.17) is 4.74 Å². The summed E-state index contributed by atoms with van der Waals surface area (Å²) in [5.74, 6) is -0.490. The highest BCUT2D eigenvalue weighted by Crippen LogP contribution is 2.24. The van der Waals surface area contributed by atoms with Crippen molar-refractivity contribution in [1.29, 1.82) is 0 Å². The van der Waals surface area contributed by atoms with Crippen LogP contribution in [0.4, 0.5) is 13.2 Å². The van der Waals surface area contributed by atoms with Gasteiger partial charge in [-0.1, -0.05) is 30.3 Å². The van der Waals surface area contributed by atoms with Crippen molar-refractivity contribution >= 4 is 12.6 Å². The molecular weight excluding hydrogens is 300 g/mol. The van der Waals surface area contributed by atoms with Crippen molar-refractivity contribution < 1.29 is 32.7 Å². The van der Waals surface area contributed by atoms with Crippen molar-refractivity contribution in [1.82, 2.24) is 0 Å². The molecule has 0 saturated carbocycles. The molecule has 0 atom stereocenters. The van der Waals surface area contributed by atoms with Crippen LogP contribution >= 0.6 is 0 Å². The maximum atomic E-state index is 12.2. The number of hydrogen-bond donors (Lipinski definition) is 2. The molecule has 0 amide bonds. The molecule has 0 saturated heterocycles. The van der Waals surface area contributed by atoms with Crippen molar-refractivity contribution in [2.45, 2.75) is 13.0 Å². The molecule has 0 bridgehead atoms. The molecule has 4 nitrogen and oxygen atoms in total. The lowest BCUT2D eigenvalue weighted by Crippen LogP contribution is -2.32. The smallest absolute Gasteiger partial charge is 0.489 e. The van der Waals surface area contributed by atoms with Gasteiger partial charge in [0.15, 0.2) is 0 Å². The number of hydrogen-bond acceptors (Lipinski definition) is 4. The second-order valence-electron chi connectivity index (χ2n) is 4.40. The van der Waals surface area contributed by atoms with Crippen LogP contribution in [0, 0.1) is 0 Å². The second-order valence-corrected chi connectivity index (χ2v) is 4.40. The van der Waals surface area contributed by atoms with Gasteiger partial charge in [-0.05, 0) is 23.8 Å². The van der Waals surface area contributed by atoms with Crippen LogP contribution in [0.5, 0.6) is 11.5 Å². The summed E-state index contributed by atoms with van der Waals surface area (Å²) in [7, 11) is -1.98. The zero-order valence-electron chi connectivity index (χ0n) is 11.2. The summed E-state index contributed by atoms with van der Waals surface area (Å²) in [5.41, 5.74) is 0.620. The Morgan fingerprint density at radius 3 is 2.27 bits per heavy atom. The van der Waals surface area contributed by atoms with Gasteiger partial charge in [0.05, 0.1) is 0 Å². The largest absolute Gasteiger partial charge is 0.573 e. The van der Waals surface area contributed by atoms with Gasteiger partial charge in [0.2, 0.25) is 0 Å². The van der Waals surface area contributed by atoms with E-state index in [1.54, 1.807) is 24.3 Å². The minimum absolute atomic E-state index is 0.0633. The van der Waals surface area contributed by atoms with Crippen LogP contribution in [0.25, 0.3) is 0 Å². The Kier molecular flexibility index (Phi) is 4.94. The fraction of sp³-hybridized carbons (Fsp3) is 0.143. The van der Waals surface area contributed by atoms with Gasteiger partial charge in [0.25, 0.3) is 0 Å². The number of ether oxygens (including phenoxy) is 2. The van der Waals surface area contributed by atoms with Gasteiger partial charge in [-0.2, -0.15) is 0 Å². The zero-order chi connectivity index (χ0) is 16.2. The fourth-order valence-electron chi connectivity index (χ4n) is 1.79. The molecule has 0 radical (unpaired) electrons. The molecule has 116 valence electrons. The van der Waals surface area contributed by atoms with Crippen LogP contribution in [-0.2, 0) is 6.61 Å². The van der Waals surface area contributed by atoms with Crippen LogP contribution in [0.15, 0.2) is 48.5 Å². The summed E-state index contributed by atoms with van der Waals surface area (Å²) >= 11 is 0. The molecule has 0 aliphatic carbocycles. The molecule has 0 spiro atoms. The second kappa shape index (κ2) is 6.72. The Balaban J connectivity index is 2.16. The molecule has 0 heterocycles. The lowest BCUT2D eigenvalue weighted by molar-refractivity contribution is -0.274. The van der Waals surface area contributed by atoms with E-state index in [1.807, 2.05) is 6.07 Å². The standard InChI is InChI=1S/C14H12BF3O4/c16-14(17,18)22-11-6-7-13(12(8-11)15(19)20)21-9-10-4-2-1-3-5-10/h1-8,19-20H,9H2. The van der Waals surface area contributed by atoms with Gasteiger partial charge in [0, 0.05) is 5.46 Å². The Labute approximate surface area is 124 Å². The Morgan fingerprint density at radius 2 is 1.68 bits per heavy atom. The summed E-state index contributed by atoms with van der Waals surface area (Å²) in [4.78, 5) is 0. The van der Waals surface area contributed by atoms with Crippen molar-refractivity contribution in [2.24, 2.45) is 0 Å². The number of benzene rings is 2. The molecule has 2 aromatic carbocycles. The lowest BCUT2D eigenvalue weighted by atomic mass is 9.79. The number of alkyl halides is 3. The van der Waals surface area contributed by atoms with Gasteiger partial charge in [-0.3, -0.25) is 0 Å². The van der Waals surface area contributed by atoms with Gasteiger partial charge >= 0.3 is 13.5 Å². The van der Waals surface area contributed by atoms with E-state index in [2.05, 4.69) is 4.74 Å². The molecule has 0 aromatic heterocycles. The minimum atomic E-state index is -4.86. The van der Waals surface area contributed by atoms with Crippen LogP contribution in [0.2, 0.25) is 0 Å². The zero-order valence-corrected chi connectivity index (χ0v) is 11.2. The normalized spacial score (nSPS) is 11.1. The van der Waals surface area contributed by atoms with E-state index in [1.165, 1.54) is 6.07 Å². The summed E-state index contributed by atoms with van der Waals surface area (Å²) in [6.45, 7) is 0.139. The van der Waals surface area contributed by atoms with Gasteiger partial charge in [-0.25, -0.2) is 0 Å². The first kappa shape index (κ1) is 16.2. The summed E-state index contributed by atoms with van der Waals surface area (Å²) < 4.78 is 45.6. The maximum absolute atomic E-state index is 12.2. The predicted octanol–water partition coefficient (Wildman–Crippen LogP) is 1.84. The molecule has 2 aromatic rings. The van der Waals surface area contributed by atoms with E-state index in [0.29, 0.717) is 0 Å². The predicted molar refractivity (Wildman–Crippen MR) is 73.7 cm³/mol. The Hall–Kier alpha value is -2.19. The highest BCUT2D eigenvalue weighted by Gasteiger charge is 2.32. The highest BCUT2D eigenvalue weighted by molar-refractivity contribution is 6.59. The van der Waals surface area contributed by atoms with Crippen LogP contribution in [0.1, 0.15) is 5.56 Å². The first-order chi connectivity index (χ1) is 10.3. The molecule has 0 aliphatic heterocycles. The highest BCUT2D eigenvalue weighted by atomic mass is 19.4. The van der Waals surface area contributed by atoms with Crippen LogP contribution < -0.4 is 14.9 Å². The van der Waals surface area contributed by atoms with E-state index in [0.717, 1.165) is 17.7 Å². The van der Waals surface area contributed by atoms with Crippen molar-refractivity contribution in [3.05, 3.63) is 54.1 Å². The molecule has 0 aliphatic rings. The van der Waals surface area contributed by atoms with Gasteiger partial charge < -0.3 is 19.5 Å². The monoisotopic (exact) mass is 312 g/mol. The van der Waals surface area contributed by atoms with E-state index in [9.17, 15) is 23.2 Å². The molecule has 0 unspecified atom stereocenters. The molecule has 22 heavy (non-hydrogen) atoms. The maximum Gasteiger partial charge on any atom is 0.573 e. The molecule has 2 N–H and O–H groups in total. The topological polar surface area (TPSA) is 58.9 Å². The van der Waals surface area contributed by atoms with Gasteiger partial charge in [-0.15, -0.1) is 13.2 Å². The average Bonchev–Trinajstić information content (AvgIpc) is 2.45. The molecule has 2 rings (SSSR count). The van der Waals surface area contributed by atoms with Crippen molar-refractivity contribution in [3.63, 3.8) is 0 Å². The van der Waals surface area contributed by atoms with Crippen molar-refractivity contribution in [2.75, 3.05) is 0 Å². The Morgan fingerprint density at radius 1 is 1.00 bits per heavy atom. The first-order valence-corrected chi connectivity index (χ1v) is 6.28. The minimum Gasteiger partial charge on any atom is -0.489 e. The summed E-state index contributed by atoms with van der Waals surface area (Å²) in [6, 6.07) is 12.2. The van der Waals surface area contributed by atoms with Crippen LogP contribution in [-0.4, -0.2) is 23.5 Å². The number of rotatable bonds is 5. The summed E-state index contributed by atoms with van der Waals surface area (Å²) in [5, 5.41) is 18.5. The third-order valence-electron chi connectivity index (χ3n) is 2.73. The van der Waals surface area contributed by atoms with Crippen molar-refractivity contribution in [3.8, 4) is 11.5 Å². The molecule has 8 heteroatoms. The summed E-state index contributed by atoms with van der Waals surface area (Å²) in [6.07, 6.45) is -4.86. The van der Waals surface area contributed by atoms with Crippen LogP contribution in [0.3, 0.4) is 0 Å². The first-order valence-electron chi connectivity index (χ1n) is 6.28. The van der Waals surface area contributed by atoms with Gasteiger partial charge in [0.1, 0.15) is 18.1 Å². The average molecular weight is 312 g/mol. The molecule has 0 fully saturated rings. The van der Waals surface area contributed by atoms with E-state index < -0.39 is 19.2 Å². The third kappa shape index (κ3) is 4.68. The molecular formula is C14H12BF3O4. The third-order valence-corrected chi connectivity index (χ3v) is 2.73. The fourth-order valence-corrected chi connectivity index (χ4v) is 1.79. The lowest BCUT2D eigenvalue weighted by Gasteiger charge is -2.14.